The average molecular weight is 499 g/mol. The van der Waals surface area contributed by atoms with E-state index < -0.39 is 0 Å². The summed E-state index contributed by atoms with van der Waals surface area (Å²) in [6.07, 6.45) is 3.58. The number of aromatic nitrogens is 4. The number of aldehydes is 1. The molecule has 0 atom stereocenters. The van der Waals surface area contributed by atoms with Gasteiger partial charge in [0.15, 0.2) is 5.82 Å². The maximum atomic E-state index is 13.0. The zero-order valence-electron chi connectivity index (χ0n) is 20.3. The minimum absolute atomic E-state index is 0.129. The summed E-state index contributed by atoms with van der Waals surface area (Å²) in [4.78, 5) is 53.6. The smallest absolute Gasteiger partial charge is 0.324 e. The molecule has 3 heterocycles. The van der Waals surface area contributed by atoms with Crippen molar-refractivity contribution in [3.63, 3.8) is 0 Å². The molecular weight excluding hydrogens is 472 g/mol. The second kappa shape index (κ2) is 10.1. The van der Waals surface area contributed by atoms with Gasteiger partial charge in [-0.2, -0.15) is 0 Å². The lowest BCUT2D eigenvalue weighted by Gasteiger charge is -2.31. The van der Waals surface area contributed by atoms with E-state index in [1.807, 2.05) is 30.3 Å². The monoisotopic (exact) mass is 498 g/mol. The van der Waals surface area contributed by atoms with Crippen LogP contribution in [0.15, 0.2) is 76.4 Å². The molecule has 0 radical (unpaired) electrons. The molecule has 0 saturated carbocycles. The van der Waals surface area contributed by atoms with Crippen LogP contribution in [0.5, 0.6) is 0 Å². The van der Waals surface area contributed by atoms with E-state index in [9.17, 15) is 19.2 Å². The summed E-state index contributed by atoms with van der Waals surface area (Å²) in [7, 11) is 1.62. The molecule has 2 aromatic heterocycles. The van der Waals surface area contributed by atoms with Gasteiger partial charge in [0.25, 0.3) is 5.56 Å². The fourth-order valence-corrected chi connectivity index (χ4v) is 4.53. The molecule has 10 heteroatoms. The number of urea groups is 1. The molecule has 188 valence electrons. The third-order valence-electron chi connectivity index (χ3n) is 6.59. The highest BCUT2D eigenvalue weighted by Gasteiger charge is 2.26. The summed E-state index contributed by atoms with van der Waals surface area (Å²) in [6.45, 7) is 0.841. The molecule has 0 aliphatic carbocycles. The number of aryl methyl sites for hydroxylation is 1. The minimum atomic E-state index is -0.372. The van der Waals surface area contributed by atoms with Crippen LogP contribution in [-0.4, -0.2) is 49.6 Å². The number of nitrogens with one attached hydrogen (secondary N) is 2. The van der Waals surface area contributed by atoms with Crippen LogP contribution in [0.4, 0.5) is 10.5 Å². The number of pyridine rings is 1. The lowest BCUT2D eigenvalue weighted by atomic mass is 10.1. The normalized spacial score (nSPS) is 13.9. The molecular formula is C27H26N6O4. The van der Waals surface area contributed by atoms with E-state index in [0.29, 0.717) is 37.3 Å². The van der Waals surface area contributed by atoms with Gasteiger partial charge in [0.05, 0.1) is 6.04 Å². The van der Waals surface area contributed by atoms with E-state index in [2.05, 4.69) is 15.4 Å². The molecule has 0 bridgehead atoms. The van der Waals surface area contributed by atoms with E-state index in [4.69, 9.17) is 0 Å². The van der Waals surface area contributed by atoms with Crippen molar-refractivity contribution < 1.29 is 9.59 Å². The minimum Gasteiger partial charge on any atom is -0.324 e. The summed E-state index contributed by atoms with van der Waals surface area (Å²) in [6, 6.07) is 17.6. The number of likely N-dealkylation sites (tertiary alicyclic amines) is 1. The first-order chi connectivity index (χ1) is 17.9. The van der Waals surface area contributed by atoms with Crippen LogP contribution < -0.4 is 16.6 Å². The summed E-state index contributed by atoms with van der Waals surface area (Å²) in [5, 5.41) is 7.23. The SMILES string of the molecule is Cn1cc(-c2ccc(C=O)cc2)cc(NC(=O)N2CCC(n3nc(-c4ccccc4)[nH]c3=O)CC2)c1=O. The summed E-state index contributed by atoms with van der Waals surface area (Å²) in [5.74, 6) is 0.516. The van der Waals surface area contributed by atoms with Crippen LogP contribution >= 0.6 is 0 Å². The zero-order chi connectivity index (χ0) is 25.9. The number of hydrogen-bond acceptors (Lipinski definition) is 5. The fourth-order valence-electron chi connectivity index (χ4n) is 4.53. The van der Waals surface area contributed by atoms with E-state index in [1.165, 1.54) is 9.25 Å². The first-order valence-corrected chi connectivity index (χ1v) is 12.0. The fraction of sp³-hybridized carbons (Fsp3) is 0.222. The molecule has 2 N–H and O–H groups in total. The third kappa shape index (κ3) is 4.99. The number of H-pyrrole nitrogens is 1. The van der Waals surface area contributed by atoms with Crippen LogP contribution in [0.25, 0.3) is 22.5 Å². The Kier molecular flexibility index (Phi) is 6.55. The Labute approximate surface area is 212 Å². The van der Waals surface area contributed by atoms with Gasteiger partial charge in [-0.1, -0.05) is 54.6 Å². The predicted octanol–water partition coefficient (Wildman–Crippen LogP) is 3.29. The summed E-state index contributed by atoms with van der Waals surface area (Å²) >= 11 is 0. The van der Waals surface area contributed by atoms with Gasteiger partial charge in [-0.25, -0.2) is 14.3 Å². The van der Waals surface area contributed by atoms with Gasteiger partial charge in [0.2, 0.25) is 0 Å². The largest absolute Gasteiger partial charge is 0.343 e. The Morgan fingerprint density at radius 1 is 1.00 bits per heavy atom. The van der Waals surface area contributed by atoms with Gasteiger partial charge in [-0.05, 0) is 24.5 Å². The molecule has 2 amide bonds. The number of anilines is 1. The third-order valence-corrected chi connectivity index (χ3v) is 6.59. The maximum Gasteiger partial charge on any atom is 0.343 e. The molecule has 0 spiro atoms. The van der Waals surface area contributed by atoms with Crippen molar-refractivity contribution in [1.29, 1.82) is 0 Å². The van der Waals surface area contributed by atoms with Crippen LogP contribution in [0, 0.1) is 0 Å². The summed E-state index contributed by atoms with van der Waals surface area (Å²) in [5.41, 5.74) is 2.51. The van der Waals surface area contributed by atoms with Gasteiger partial charge < -0.3 is 14.8 Å². The maximum absolute atomic E-state index is 13.0. The number of carbonyl (C=O) groups excluding carboxylic acids is 2. The molecule has 1 aliphatic rings. The Morgan fingerprint density at radius 2 is 1.70 bits per heavy atom. The molecule has 4 aromatic rings. The topological polar surface area (TPSA) is 122 Å². The average Bonchev–Trinajstić information content (AvgIpc) is 3.33. The van der Waals surface area contributed by atoms with Crippen molar-refractivity contribution in [3.05, 3.63) is 93.3 Å². The van der Waals surface area contributed by atoms with E-state index in [1.54, 1.807) is 48.5 Å². The molecule has 5 rings (SSSR count). The molecule has 37 heavy (non-hydrogen) atoms. The number of rotatable bonds is 5. The van der Waals surface area contributed by atoms with Gasteiger partial charge >= 0.3 is 11.7 Å². The molecule has 2 aromatic carbocycles. The second-order valence-corrected chi connectivity index (χ2v) is 9.04. The number of aromatic amines is 1. The number of hydrogen-bond donors (Lipinski definition) is 2. The van der Waals surface area contributed by atoms with E-state index >= 15 is 0 Å². The number of benzene rings is 2. The standard InChI is InChI=1S/C27H26N6O4/c1-31-16-21(19-9-7-18(17-34)8-10-19)15-23(25(31)35)28-26(36)32-13-11-22(12-14-32)33-27(37)29-24(30-33)20-5-3-2-4-6-20/h2-10,15-17,22H,11-14H2,1H3,(H,28,36)(H,29,30,37). The van der Waals surface area contributed by atoms with Gasteiger partial charge in [-0.3, -0.25) is 14.6 Å². The van der Waals surface area contributed by atoms with Crippen LogP contribution in [0.3, 0.4) is 0 Å². The Morgan fingerprint density at radius 3 is 2.38 bits per heavy atom. The van der Waals surface area contributed by atoms with Gasteiger partial charge in [-0.15, -0.1) is 5.10 Å². The molecule has 10 nitrogen and oxygen atoms in total. The van der Waals surface area contributed by atoms with Crippen LogP contribution in [0.2, 0.25) is 0 Å². The number of amides is 2. The second-order valence-electron chi connectivity index (χ2n) is 9.04. The van der Waals surface area contributed by atoms with Gasteiger partial charge in [0.1, 0.15) is 12.0 Å². The molecule has 1 fully saturated rings. The first-order valence-electron chi connectivity index (χ1n) is 12.0. The molecule has 0 unspecified atom stereocenters. The lowest BCUT2D eigenvalue weighted by Crippen LogP contribution is -2.43. The zero-order valence-corrected chi connectivity index (χ0v) is 20.3. The van der Waals surface area contributed by atoms with Crippen molar-refractivity contribution in [2.75, 3.05) is 18.4 Å². The van der Waals surface area contributed by atoms with E-state index in [0.717, 1.165) is 23.0 Å². The Hall–Kier alpha value is -4.73. The summed E-state index contributed by atoms with van der Waals surface area (Å²) < 4.78 is 2.88. The highest BCUT2D eigenvalue weighted by Crippen LogP contribution is 2.24. The molecule has 1 aliphatic heterocycles. The van der Waals surface area contributed by atoms with Crippen LogP contribution in [-0.2, 0) is 7.05 Å². The van der Waals surface area contributed by atoms with Crippen molar-refractivity contribution in [3.8, 4) is 22.5 Å². The quantitative estimate of drug-likeness (QED) is 0.409. The van der Waals surface area contributed by atoms with Crippen molar-refractivity contribution in [1.82, 2.24) is 24.2 Å². The lowest BCUT2D eigenvalue weighted by molar-refractivity contribution is 0.112. The van der Waals surface area contributed by atoms with Gasteiger partial charge in [0, 0.05) is 43.0 Å². The first kappa shape index (κ1) is 24.0. The number of carbonyl (C=O) groups is 2. The number of nitrogens with zero attached hydrogens (tertiary/aromatic N) is 4. The van der Waals surface area contributed by atoms with Crippen molar-refractivity contribution in [2.45, 2.75) is 18.9 Å². The van der Waals surface area contributed by atoms with Crippen molar-refractivity contribution in [2.24, 2.45) is 7.05 Å². The number of piperidine rings is 1. The highest BCUT2D eigenvalue weighted by atomic mass is 16.2. The highest BCUT2D eigenvalue weighted by molar-refractivity contribution is 5.90. The van der Waals surface area contributed by atoms with Crippen molar-refractivity contribution >= 4 is 18.0 Å². The predicted molar refractivity (Wildman–Crippen MR) is 140 cm³/mol. The Balaban J connectivity index is 1.27. The van der Waals surface area contributed by atoms with Crippen LogP contribution in [0.1, 0.15) is 29.2 Å². The Bertz CT molecular complexity index is 1540. The molecule has 1 saturated heterocycles. The van der Waals surface area contributed by atoms with E-state index in [-0.39, 0.29) is 29.0 Å².